The highest BCUT2D eigenvalue weighted by Gasteiger charge is 2.35. The van der Waals surface area contributed by atoms with Crippen molar-refractivity contribution in [1.29, 1.82) is 0 Å². The maximum atomic E-state index is 12.6. The van der Waals surface area contributed by atoms with Crippen molar-refractivity contribution in [2.75, 3.05) is 19.6 Å². The van der Waals surface area contributed by atoms with Gasteiger partial charge in [-0.05, 0) is 49.6 Å². The fourth-order valence-electron chi connectivity index (χ4n) is 2.46. The average Bonchev–Trinajstić information content (AvgIpc) is 2.86. The van der Waals surface area contributed by atoms with E-state index in [0.717, 1.165) is 18.2 Å². The number of alkyl halides is 3. The normalized spacial score (nSPS) is 20.9. The maximum absolute atomic E-state index is 12.6. The lowest BCUT2D eigenvalue weighted by Crippen LogP contribution is -2.30. The Morgan fingerprint density at radius 3 is 2.52 bits per heavy atom. The first-order chi connectivity index (χ1) is 9.66. The summed E-state index contributed by atoms with van der Waals surface area (Å²) in [5, 5.41) is 0. The molecule has 8 heteroatoms. The number of aryl methyl sites for hydroxylation is 1. The number of halogens is 3. The van der Waals surface area contributed by atoms with Gasteiger partial charge in [0.05, 0.1) is 10.5 Å². The molecule has 1 fully saturated rings. The van der Waals surface area contributed by atoms with Gasteiger partial charge in [0.25, 0.3) is 0 Å². The summed E-state index contributed by atoms with van der Waals surface area (Å²) in [6.07, 6.45) is -3.80. The molecule has 0 saturated carbocycles. The SMILES string of the molecule is Cc1cc(C(F)(F)F)ccc1S(=O)(=O)N1CCC(CN)C1. The third-order valence-corrected chi connectivity index (χ3v) is 5.73. The Morgan fingerprint density at radius 1 is 1.38 bits per heavy atom. The van der Waals surface area contributed by atoms with Crippen molar-refractivity contribution >= 4 is 10.0 Å². The van der Waals surface area contributed by atoms with Crippen LogP contribution in [0.4, 0.5) is 13.2 Å². The fourth-order valence-corrected chi connectivity index (χ4v) is 4.20. The molecule has 1 aromatic carbocycles. The van der Waals surface area contributed by atoms with Gasteiger partial charge in [0.1, 0.15) is 0 Å². The van der Waals surface area contributed by atoms with Gasteiger partial charge in [-0.2, -0.15) is 17.5 Å². The smallest absolute Gasteiger partial charge is 0.330 e. The molecule has 1 heterocycles. The number of nitrogens with two attached hydrogens (primary N) is 1. The molecule has 1 saturated heterocycles. The van der Waals surface area contributed by atoms with Crippen LogP contribution in [0.1, 0.15) is 17.5 Å². The molecule has 1 atom stereocenters. The molecule has 0 radical (unpaired) electrons. The van der Waals surface area contributed by atoms with E-state index in [1.807, 2.05) is 0 Å². The predicted octanol–water partition coefficient (Wildman–Crippen LogP) is 1.98. The van der Waals surface area contributed by atoms with E-state index in [1.54, 1.807) is 0 Å². The second-order valence-electron chi connectivity index (χ2n) is 5.23. The van der Waals surface area contributed by atoms with Gasteiger partial charge >= 0.3 is 6.18 Å². The second kappa shape index (κ2) is 5.58. The van der Waals surface area contributed by atoms with Crippen molar-refractivity contribution in [3.05, 3.63) is 29.3 Å². The third-order valence-electron chi connectivity index (χ3n) is 3.70. The first kappa shape index (κ1) is 16.3. The quantitative estimate of drug-likeness (QED) is 0.925. The molecule has 2 N–H and O–H groups in total. The molecule has 0 amide bonds. The fraction of sp³-hybridized carbons (Fsp3) is 0.538. The maximum Gasteiger partial charge on any atom is 0.416 e. The zero-order valence-corrected chi connectivity index (χ0v) is 12.3. The molecule has 118 valence electrons. The highest BCUT2D eigenvalue weighted by atomic mass is 32.2. The van der Waals surface area contributed by atoms with Crippen LogP contribution in [0.2, 0.25) is 0 Å². The number of sulfonamides is 1. The standard InChI is InChI=1S/C13H17F3N2O2S/c1-9-6-11(13(14,15)16)2-3-12(9)21(19,20)18-5-4-10(7-17)8-18/h2-3,6,10H,4-5,7-8,17H2,1H3. The van der Waals surface area contributed by atoms with Gasteiger partial charge in [-0.3, -0.25) is 0 Å². The summed E-state index contributed by atoms with van der Waals surface area (Å²) in [6.45, 7) is 2.45. The summed E-state index contributed by atoms with van der Waals surface area (Å²) < 4.78 is 64.1. The molecule has 21 heavy (non-hydrogen) atoms. The summed E-state index contributed by atoms with van der Waals surface area (Å²) in [5.41, 5.74) is 4.78. The zero-order valence-electron chi connectivity index (χ0n) is 11.5. The first-order valence-corrected chi connectivity index (χ1v) is 7.98. The number of rotatable bonds is 3. The summed E-state index contributed by atoms with van der Waals surface area (Å²) in [7, 11) is -3.76. The minimum Gasteiger partial charge on any atom is -0.330 e. The van der Waals surface area contributed by atoms with Gasteiger partial charge in [0, 0.05) is 13.1 Å². The van der Waals surface area contributed by atoms with E-state index in [4.69, 9.17) is 5.73 Å². The van der Waals surface area contributed by atoms with Gasteiger partial charge in [-0.15, -0.1) is 0 Å². The van der Waals surface area contributed by atoms with Crippen LogP contribution < -0.4 is 5.73 Å². The van der Waals surface area contributed by atoms with Crippen LogP contribution in [0.15, 0.2) is 23.1 Å². The lowest BCUT2D eigenvalue weighted by Gasteiger charge is -2.18. The van der Waals surface area contributed by atoms with Crippen molar-refractivity contribution in [2.45, 2.75) is 24.4 Å². The van der Waals surface area contributed by atoms with Crippen molar-refractivity contribution in [1.82, 2.24) is 4.31 Å². The van der Waals surface area contributed by atoms with Gasteiger partial charge in [0.2, 0.25) is 10.0 Å². The van der Waals surface area contributed by atoms with Crippen LogP contribution >= 0.6 is 0 Å². The van der Waals surface area contributed by atoms with E-state index in [2.05, 4.69) is 0 Å². The lowest BCUT2D eigenvalue weighted by atomic mass is 10.1. The second-order valence-corrected chi connectivity index (χ2v) is 7.14. The lowest BCUT2D eigenvalue weighted by molar-refractivity contribution is -0.137. The highest BCUT2D eigenvalue weighted by Crippen LogP contribution is 2.33. The highest BCUT2D eigenvalue weighted by molar-refractivity contribution is 7.89. The molecule has 0 aliphatic carbocycles. The summed E-state index contributed by atoms with van der Waals surface area (Å²) in [6, 6.07) is 2.70. The minimum atomic E-state index is -4.48. The predicted molar refractivity (Wildman–Crippen MR) is 72.1 cm³/mol. The van der Waals surface area contributed by atoms with E-state index in [-0.39, 0.29) is 16.4 Å². The topological polar surface area (TPSA) is 63.4 Å². The van der Waals surface area contributed by atoms with Crippen LogP contribution in [0, 0.1) is 12.8 Å². The van der Waals surface area contributed by atoms with Crippen molar-refractivity contribution in [2.24, 2.45) is 11.7 Å². The van der Waals surface area contributed by atoms with Gasteiger partial charge < -0.3 is 5.73 Å². The minimum absolute atomic E-state index is 0.0758. The van der Waals surface area contributed by atoms with Crippen LogP contribution in [0.3, 0.4) is 0 Å². The largest absolute Gasteiger partial charge is 0.416 e. The van der Waals surface area contributed by atoms with Crippen LogP contribution in [-0.4, -0.2) is 32.4 Å². The van der Waals surface area contributed by atoms with Crippen molar-refractivity contribution in [3.8, 4) is 0 Å². The van der Waals surface area contributed by atoms with Crippen molar-refractivity contribution < 1.29 is 21.6 Å². The summed E-state index contributed by atoms with van der Waals surface area (Å²) in [4.78, 5) is -0.0758. The zero-order chi connectivity index (χ0) is 15.8. The molecule has 2 rings (SSSR count). The molecule has 1 aromatic rings. The molecule has 1 aliphatic heterocycles. The molecule has 0 bridgehead atoms. The Hall–Kier alpha value is -1.12. The van der Waals surface area contributed by atoms with E-state index < -0.39 is 21.8 Å². The Labute approximate surface area is 121 Å². The van der Waals surface area contributed by atoms with E-state index in [9.17, 15) is 21.6 Å². The number of hydrogen-bond donors (Lipinski definition) is 1. The Balaban J connectivity index is 2.33. The molecule has 1 unspecified atom stereocenters. The first-order valence-electron chi connectivity index (χ1n) is 6.54. The van der Waals surface area contributed by atoms with Gasteiger partial charge in [0.15, 0.2) is 0 Å². The molecular weight excluding hydrogens is 305 g/mol. The van der Waals surface area contributed by atoms with Crippen LogP contribution in [-0.2, 0) is 16.2 Å². The van der Waals surface area contributed by atoms with Crippen molar-refractivity contribution in [3.63, 3.8) is 0 Å². The number of hydrogen-bond acceptors (Lipinski definition) is 3. The third kappa shape index (κ3) is 3.22. The Morgan fingerprint density at radius 2 is 2.05 bits per heavy atom. The summed E-state index contributed by atoms with van der Waals surface area (Å²) >= 11 is 0. The van der Waals surface area contributed by atoms with Crippen LogP contribution in [0.5, 0.6) is 0 Å². The molecular formula is C13H17F3N2O2S. The van der Waals surface area contributed by atoms with E-state index in [0.29, 0.717) is 26.1 Å². The molecule has 0 aromatic heterocycles. The van der Waals surface area contributed by atoms with Crippen LogP contribution in [0.25, 0.3) is 0 Å². The number of nitrogens with zero attached hydrogens (tertiary/aromatic N) is 1. The Kier molecular flexibility index (Phi) is 4.32. The van der Waals surface area contributed by atoms with Gasteiger partial charge in [-0.1, -0.05) is 0 Å². The molecule has 0 spiro atoms. The Bertz CT molecular complexity index is 629. The average molecular weight is 322 g/mol. The summed E-state index contributed by atoms with van der Waals surface area (Å²) in [5.74, 6) is 0.106. The van der Waals surface area contributed by atoms with E-state index >= 15 is 0 Å². The van der Waals surface area contributed by atoms with Gasteiger partial charge in [-0.25, -0.2) is 8.42 Å². The molecule has 1 aliphatic rings. The monoisotopic (exact) mass is 322 g/mol. The number of benzene rings is 1. The molecule has 4 nitrogen and oxygen atoms in total. The van der Waals surface area contributed by atoms with E-state index in [1.165, 1.54) is 11.2 Å².